The average molecular weight is 289 g/mol. The van der Waals surface area contributed by atoms with Gasteiger partial charge in [-0.15, -0.1) is 0 Å². The Bertz CT molecular complexity index is 802. The number of aryl methyl sites for hydroxylation is 2. The van der Waals surface area contributed by atoms with Crippen LogP contribution in [0.5, 0.6) is 0 Å². The fraction of sp³-hybridized carbons (Fsp3) is 0.357. The molecule has 1 aliphatic rings. The number of carboxylic acids is 1. The molecule has 3 rings (SSSR count). The van der Waals surface area contributed by atoms with Crippen molar-refractivity contribution >= 4 is 28.6 Å². The van der Waals surface area contributed by atoms with E-state index in [1.54, 1.807) is 29.8 Å². The van der Waals surface area contributed by atoms with E-state index in [1.165, 1.54) is 9.47 Å². The van der Waals surface area contributed by atoms with Gasteiger partial charge in [0.25, 0.3) is 0 Å². The quantitative estimate of drug-likeness (QED) is 0.875. The number of aliphatic carboxylic acids is 1. The van der Waals surface area contributed by atoms with Crippen molar-refractivity contribution in [3.63, 3.8) is 0 Å². The number of hydrogen-bond donors (Lipinski definition) is 1. The third kappa shape index (κ3) is 2.01. The van der Waals surface area contributed by atoms with E-state index in [4.69, 9.17) is 5.11 Å². The van der Waals surface area contributed by atoms with Crippen molar-refractivity contribution in [3.8, 4) is 0 Å². The first-order valence-corrected chi connectivity index (χ1v) is 6.71. The molecule has 0 aliphatic carbocycles. The minimum Gasteiger partial charge on any atom is -0.480 e. The highest BCUT2D eigenvalue weighted by Crippen LogP contribution is 2.28. The molecule has 21 heavy (non-hydrogen) atoms. The van der Waals surface area contributed by atoms with Crippen LogP contribution in [0.4, 0.5) is 5.69 Å². The number of para-hydroxylation sites is 1. The topological polar surface area (TPSA) is 84.5 Å². The minimum absolute atomic E-state index is 0.151. The smallest absolute Gasteiger partial charge is 0.328 e. The van der Waals surface area contributed by atoms with Crippen molar-refractivity contribution in [1.82, 2.24) is 9.13 Å². The molecular formula is C14H15N3O4. The number of imidazole rings is 1. The van der Waals surface area contributed by atoms with E-state index < -0.39 is 12.5 Å². The van der Waals surface area contributed by atoms with Gasteiger partial charge in [0.15, 0.2) is 0 Å². The first-order valence-electron chi connectivity index (χ1n) is 6.71. The number of benzene rings is 1. The highest BCUT2D eigenvalue weighted by atomic mass is 16.4. The van der Waals surface area contributed by atoms with Crippen LogP contribution in [0.1, 0.15) is 12.8 Å². The molecular weight excluding hydrogens is 274 g/mol. The van der Waals surface area contributed by atoms with Gasteiger partial charge in [0, 0.05) is 20.0 Å². The van der Waals surface area contributed by atoms with Gasteiger partial charge >= 0.3 is 11.7 Å². The molecule has 0 spiro atoms. The van der Waals surface area contributed by atoms with Crippen LogP contribution in [0.25, 0.3) is 11.0 Å². The Kier molecular flexibility index (Phi) is 3.04. The number of amides is 1. The molecule has 0 fully saturated rings. The molecule has 1 aliphatic heterocycles. The summed E-state index contributed by atoms with van der Waals surface area (Å²) in [6.45, 7) is 0.0564. The van der Waals surface area contributed by atoms with Gasteiger partial charge in [0.1, 0.15) is 6.54 Å². The number of carboxylic acid groups (broad SMARTS) is 1. The standard InChI is InChI=1S/C14H15N3O4/c1-15-9-4-2-5-10-13(9)16(14(15)21)7-3-6-11(18)17(10)8-12(19)20/h2,4-5H,3,6-8H2,1H3,(H,19,20). The molecule has 7 heteroatoms. The molecule has 0 unspecified atom stereocenters. The fourth-order valence-electron chi connectivity index (χ4n) is 2.84. The van der Waals surface area contributed by atoms with Crippen molar-refractivity contribution in [2.45, 2.75) is 19.4 Å². The van der Waals surface area contributed by atoms with Crippen LogP contribution < -0.4 is 10.6 Å². The highest BCUT2D eigenvalue weighted by Gasteiger charge is 2.26. The maximum Gasteiger partial charge on any atom is 0.328 e. The summed E-state index contributed by atoms with van der Waals surface area (Å²) in [5.41, 5.74) is 1.65. The van der Waals surface area contributed by atoms with E-state index in [0.29, 0.717) is 29.7 Å². The lowest BCUT2D eigenvalue weighted by atomic mass is 10.1. The molecule has 0 saturated carbocycles. The molecule has 0 radical (unpaired) electrons. The summed E-state index contributed by atoms with van der Waals surface area (Å²) in [5, 5.41) is 9.04. The zero-order valence-corrected chi connectivity index (χ0v) is 11.6. The predicted octanol–water partition coefficient (Wildman–Crippen LogP) is 0.551. The monoisotopic (exact) mass is 289 g/mol. The largest absolute Gasteiger partial charge is 0.480 e. The minimum atomic E-state index is -1.08. The molecule has 1 N–H and O–H groups in total. The van der Waals surface area contributed by atoms with Crippen LogP contribution in [0.2, 0.25) is 0 Å². The maximum atomic E-state index is 12.3. The molecule has 2 aromatic rings. The Labute approximate surface area is 120 Å². The van der Waals surface area contributed by atoms with Crippen LogP contribution in [0.15, 0.2) is 23.0 Å². The summed E-state index contributed by atoms with van der Waals surface area (Å²) < 4.78 is 3.14. The summed E-state index contributed by atoms with van der Waals surface area (Å²) in [6, 6.07) is 5.21. The molecule has 1 aromatic carbocycles. The van der Waals surface area contributed by atoms with Crippen LogP contribution in [-0.4, -0.2) is 32.7 Å². The first-order chi connectivity index (χ1) is 10.0. The summed E-state index contributed by atoms with van der Waals surface area (Å²) >= 11 is 0. The second kappa shape index (κ2) is 4.76. The molecule has 7 nitrogen and oxygen atoms in total. The van der Waals surface area contributed by atoms with E-state index in [1.807, 2.05) is 0 Å². The number of carbonyl (C=O) groups is 2. The third-order valence-corrected chi connectivity index (χ3v) is 3.80. The highest BCUT2D eigenvalue weighted by molar-refractivity contribution is 6.04. The zero-order valence-electron chi connectivity index (χ0n) is 11.6. The second-order valence-corrected chi connectivity index (χ2v) is 5.12. The van der Waals surface area contributed by atoms with E-state index in [-0.39, 0.29) is 18.0 Å². The molecule has 1 aromatic heterocycles. The van der Waals surface area contributed by atoms with Crippen molar-refractivity contribution < 1.29 is 14.7 Å². The third-order valence-electron chi connectivity index (χ3n) is 3.80. The molecule has 0 bridgehead atoms. The first kappa shape index (κ1) is 13.4. The summed E-state index contributed by atoms with van der Waals surface area (Å²) in [4.78, 5) is 36.8. The Balaban J connectivity index is 2.34. The SMILES string of the molecule is Cn1c(=O)n2c3c(cccc31)N(CC(=O)O)C(=O)CCC2. The number of hydrogen-bond acceptors (Lipinski definition) is 3. The number of rotatable bonds is 2. The molecule has 2 heterocycles. The summed E-state index contributed by atoms with van der Waals surface area (Å²) in [5.74, 6) is -1.31. The summed E-state index contributed by atoms with van der Waals surface area (Å²) in [7, 11) is 1.67. The lowest BCUT2D eigenvalue weighted by Crippen LogP contribution is -2.37. The second-order valence-electron chi connectivity index (χ2n) is 5.12. The van der Waals surface area contributed by atoms with Gasteiger partial charge in [-0.2, -0.15) is 0 Å². The molecule has 110 valence electrons. The van der Waals surface area contributed by atoms with Gasteiger partial charge in [0.05, 0.1) is 16.7 Å². The van der Waals surface area contributed by atoms with Gasteiger partial charge in [-0.25, -0.2) is 4.79 Å². The average Bonchev–Trinajstić information content (AvgIpc) is 2.68. The van der Waals surface area contributed by atoms with Crippen molar-refractivity contribution in [2.24, 2.45) is 7.05 Å². The number of carbonyl (C=O) groups excluding carboxylic acids is 1. The number of aromatic nitrogens is 2. The maximum absolute atomic E-state index is 12.3. The van der Waals surface area contributed by atoms with Gasteiger partial charge in [-0.1, -0.05) is 6.07 Å². The van der Waals surface area contributed by atoms with Crippen LogP contribution in [-0.2, 0) is 23.2 Å². The van der Waals surface area contributed by atoms with Crippen LogP contribution in [0.3, 0.4) is 0 Å². The summed E-state index contributed by atoms with van der Waals surface area (Å²) in [6.07, 6.45) is 0.743. The Morgan fingerprint density at radius 1 is 1.33 bits per heavy atom. The van der Waals surface area contributed by atoms with Crippen LogP contribution >= 0.6 is 0 Å². The van der Waals surface area contributed by atoms with Gasteiger partial charge in [-0.05, 0) is 18.6 Å². The van der Waals surface area contributed by atoms with Crippen molar-refractivity contribution in [3.05, 3.63) is 28.7 Å². The number of nitrogens with zero attached hydrogens (tertiary/aromatic N) is 3. The van der Waals surface area contributed by atoms with Gasteiger partial charge < -0.3 is 5.11 Å². The van der Waals surface area contributed by atoms with E-state index in [2.05, 4.69) is 0 Å². The molecule has 0 saturated heterocycles. The predicted molar refractivity (Wildman–Crippen MR) is 76.4 cm³/mol. The van der Waals surface area contributed by atoms with Crippen LogP contribution in [0, 0.1) is 0 Å². The van der Waals surface area contributed by atoms with Crippen molar-refractivity contribution in [1.29, 1.82) is 0 Å². The van der Waals surface area contributed by atoms with Gasteiger partial charge in [-0.3, -0.25) is 23.6 Å². The van der Waals surface area contributed by atoms with E-state index in [0.717, 1.165) is 0 Å². The van der Waals surface area contributed by atoms with Gasteiger partial charge in [0.2, 0.25) is 5.91 Å². The number of anilines is 1. The Morgan fingerprint density at radius 3 is 2.81 bits per heavy atom. The van der Waals surface area contributed by atoms with E-state index >= 15 is 0 Å². The Hall–Kier alpha value is -2.57. The van der Waals surface area contributed by atoms with E-state index in [9.17, 15) is 14.4 Å². The Morgan fingerprint density at radius 2 is 2.10 bits per heavy atom. The lowest BCUT2D eigenvalue weighted by Gasteiger charge is -2.24. The molecule has 0 atom stereocenters. The zero-order chi connectivity index (χ0) is 15.1. The fourth-order valence-corrected chi connectivity index (χ4v) is 2.84. The normalized spacial score (nSPS) is 15.1. The lowest BCUT2D eigenvalue weighted by molar-refractivity contribution is -0.136. The van der Waals surface area contributed by atoms with Crippen molar-refractivity contribution in [2.75, 3.05) is 11.4 Å². The molecule has 1 amide bonds.